The Morgan fingerprint density at radius 2 is 1.92 bits per heavy atom. The van der Waals surface area contributed by atoms with E-state index < -0.39 is 29.8 Å². The highest BCUT2D eigenvalue weighted by molar-refractivity contribution is 6.04. The number of halogens is 3. The first-order chi connectivity index (χ1) is 18.1. The number of rotatable bonds is 5. The number of carbonyl (C=O) groups is 3. The van der Waals surface area contributed by atoms with E-state index in [1.54, 1.807) is 21.6 Å². The summed E-state index contributed by atoms with van der Waals surface area (Å²) >= 11 is 0. The fourth-order valence-electron chi connectivity index (χ4n) is 4.44. The third-order valence-electron chi connectivity index (χ3n) is 6.21. The second-order valence-electron chi connectivity index (χ2n) is 8.66. The summed E-state index contributed by atoms with van der Waals surface area (Å²) < 4.78 is 51.2. The molecule has 0 bridgehead atoms. The number of hydrogen-bond donors (Lipinski definition) is 1. The molecule has 1 saturated heterocycles. The van der Waals surface area contributed by atoms with E-state index in [0.29, 0.717) is 24.0 Å². The summed E-state index contributed by atoms with van der Waals surface area (Å²) in [6.07, 6.45) is -2.30. The number of para-hydroxylation sites is 1. The van der Waals surface area contributed by atoms with Crippen LogP contribution in [0, 0.1) is 0 Å². The molecular formula is C26H25F3N4O5. The lowest BCUT2D eigenvalue weighted by Gasteiger charge is -2.26. The van der Waals surface area contributed by atoms with Crippen LogP contribution in [0.4, 0.5) is 23.9 Å². The fourth-order valence-corrected chi connectivity index (χ4v) is 4.44. The van der Waals surface area contributed by atoms with Crippen LogP contribution in [-0.2, 0) is 15.7 Å². The topological polar surface area (TPSA) is 103 Å². The van der Waals surface area contributed by atoms with Gasteiger partial charge in [-0.3, -0.25) is 14.9 Å². The number of imidazole rings is 1. The van der Waals surface area contributed by atoms with Gasteiger partial charge in [-0.1, -0.05) is 18.7 Å². The number of aromatic nitrogens is 2. The molecular weight excluding hydrogens is 505 g/mol. The Morgan fingerprint density at radius 1 is 1.16 bits per heavy atom. The van der Waals surface area contributed by atoms with E-state index in [2.05, 4.69) is 21.6 Å². The molecule has 2 amide bonds. The van der Waals surface area contributed by atoms with Gasteiger partial charge in [-0.25, -0.2) is 9.78 Å². The van der Waals surface area contributed by atoms with Crippen LogP contribution in [0.1, 0.15) is 41.2 Å². The molecule has 1 atom stereocenters. The van der Waals surface area contributed by atoms with Crippen LogP contribution in [0.15, 0.2) is 55.1 Å². The lowest BCUT2D eigenvalue weighted by molar-refractivity contribution is -0.137. The van der Waals surface area contributed by atoms with E-state index in [1.165, 1.54) is 18.2 Å². The maximum atomic E-state index is 13.2. The van der Waals surface area contributed by atoms with Crippen molar-refractivity contribution < 1.29 is 37.0 Å². The molecule has 38 heavy (non-hydrogen) atoms. The van der Waals surface area contributed by atoms with Gasteiger partial charge in [0.15, 0.2) is 5.75 Å². The summed E-state index contributed by atoms with van der Waals surface area (Å²) in [6.45, 7) is 4.31. The van der Waals surface area contributed by atoms with Crippen molar-refractivity contribution >= 4 is 35.0 Å². The molecule has 0 aliphatic carbocycles. The second kappa shape index (κ2) is 11.0. The lowest BCUT2D eigenvalue weighted by atomic mass is 10.1. The molecule has 1 N–H and O–H groups in total. The van der Waals surface area contributed by atoms with Crippen LogP contribution < -0.4 is 10.1 Å². The molecule has 1 aliphatic rings. The maximum Gasteiger partial charge on any atom is 0.513 e. The molecule has 2 aromatic carbocycles. The van der Waals surface area contributed by atoms with Crippen molar-refractivity contribution in [1.82, 2.24) is 14.5 Å². The molecule has 1 unspecified atom stereocenters. The monoisotopic (exact) mass is 530 g/mol. The third kappa shape index (κ3) is 5.63. The first kappa shape index (κ1) is 26.7. The first-order valence-electron chi connectivity index (χ1n) is 11.8. The van der Waals surface area contributed by atoms with Gasteiger partial charge in [0, 0.05) is 18.7 Å². The Balaban J connectivity index is 1.81. The summed E-state index contributed by atoms with van der Waals surface area (Å²) in [5.74, 6) is -0.939. The Labute approximate surface area is 215 Å². The van der Waals surface area contributed by atoms with Crippen molar-refractivity contribution in [3.8, 4) is 5.75 Å². The average Bonchev–Trinajstić information content (AvgIpc) is 3.09. The van der Waals surface area contributed by atoms with Gasteiger partial charge in [0.1, 0.15) is 5.52 Å². The molecule has 0 radical (unpaired) electrons. The number of ether oxygens (including phenoxy) is 2. The minimum absolute atomic E-state index is 0.0289. The minimum atomic E-state index is -4.62. The molecule has 1 aliphatic heterocycles. The highest BCUT2D eigenvalue weighted by Crippen LogP contribution is 2.36. The van der Waals surface area contributed by atoms with Gasteiger partial charge in [-0.05, 0) is 55.7 Å². The number of carbonyl (C=O) groups excluding carboxylic acids is 3. The van der Waals surface area contributed by atoms with Crippen LogP contribution in [0.2, 0.25) is 0 Å². The molecule has 200 valence electrons. The number of amides is 2. The van der Waals surface area contributed by atoms with Crippen molar-refractivity contribution in [2.75, 3.05) is 25.5 Å². The molecule has 0 saturated carbocycles. The predicted octanol–water partition coefficient (Wildman–Crippen LogP) is 5.19. The molecule has 12 heteroatoms. The highest BCUT2D eigenvalue weighted by Gasteiger charge is 2.32. The van der Waals surface area contributed by atoms with Crippen LogP contribution >= 0.6 is 0 Å². The number of methoxy groups -OCH3 is 1. The van der Waals surface area contributed by atoms with Gasteiger partial charge in [0.05, 0.1) is 24.2 Å². The highest BCUT2D eigenvalue weighted by atomic mass is 19.4. The molecule has 0 spiro atoms. The molecule has 4 rings (SSSR count). The SMILES string of the molecule is C=CC(=O)N1CCCCC(n2c(NC(=O)c3cccc(C(F)(F)F)c3)nc3cccc(OC(=O)OC)c32)C1. The van der Waals surface area contributed by atoms with E-state index in [9.17, 15) is 27.6 Å². The van der Waals surface area contributed by atoms with Crippen molar-refractivity contribution in [2.24, 2.45) is 0 Å². The molecule has 9 nitrogen and oxygen atoms in total. The average molecular weight is 531 g/mol. The van der Waals surface area contributed by atoms with Gasteiger partial charge in [-0.2, -0.15) is 13.2 Å². The summed E-state index contributed by atoms with van der Waals surface area (Å²) in [6, 6.07) is 8.39. The van der Waals surface area contributed by atoms with Crippen LogP contribution in [-0.4, -0.2) is 52.6 Å². The molecule has 3 aromatic rings. The first-order valence-corrected chi connectivity index (χ1v) is 11.8. The van der Waals surface area contributed by atoms with E-state index in [-0.39, 0.29) is 29.7 Å². The fraction of sp³-hybridized carbons (Fsp3) is 0.308. The Kier molecular flexibility index (Phi) is 7.70. The van der Waals surface area contributed by atoms with Gasteiger partial charge in [-0.15, -0.1) is 0 Å². The normalized spacial score (nSPS) is 16.0. The zero-order chi connectivity index (χ0) is 27.4. The van der Waals surface area contributed by atoms with Crippen LogP contribution in [0.25, 0.3) is 11.0 Å². The summed E-state index contributed by atoms with van der Waals surface area (Å²) in [5, 5.41) is 2.62. The Bertz CT molecular complexity index is 1380. The maximum absolute atomic E-state index is 13.2. The quantitative estimate of drug-likeness (QED) is 0.277. The van der Waals surface area contributed by atoms with E-state index >= 15 is 0 Å². The molecule has 1 fully saturated rings. The molecule has 2 heterocycles. The summed E-state index contributed by atoms with van der Waals surface area (Å²) in [4.78, 5) is 43.6. The number of likely N-dealkylation sites (tertiary alicyclic amines) is 1. The number of nitrogens with zero attached hydrogens (tertiary/aromatic N) is 3. The number of anilines is 1. The minimum Gasteiger partial charge on any atom is -0.437 e. The lowest BCUT2D eigenvalue weighted by Crippen LogP contribution is -2.34. The largest absolute Gasteiger partial charge is 0.513 e. The number of alkyl halides is 3. The van der Waals surface area contributed by atoms with E-state index in [0.717, 1.165) is 38.2 Å². The smallest absolute Gasteiger partial charge is 0.437 e. The Morgan fingerprint density at radius 3 is 2.63 bits per heavy atom. The van der Waals surface area contributed by atoms with Gasteiger partial charge < -0.3 is 18.9 Å². The zero-order valence-corrected chi connectivity index (χ0v) is 20.5. The van der Waals surface area contributed by atoms with Crippen molar-refractivity contribution in [2.45, 2.75) is 31.5 Å². The number of fused-ring (bicyclic) bond motifs is 1. The Hall–Kier alpha value is -4.35. The zero-order valence-electron chi connectivity index (χ0n) is 20.5. The van der Waals surface area contributed by atoms with Gasteiger partial charge in [0.25, 0.3) is 5.91 Å². The third-order valence-corrected chi connectivity index (χ3v) is 6.21. The van der Waals surface area contributed by atoms with Gasteiger partial charge >= 0.3 is 12.3 Å². The standard InChI is InChI=1S/C26H25F3N4O5/c1-3-21(34)32-13-5-4-10-18(15-32)33-22-19(11-7-12-20(22)38-25(36)37-2)30-24(33)31-23(35)16-8-6-9-17(14-16)26(27,28)29/h3,6-9,11-12,14,18H,1,4-5,10,13,15H2,2H3,(H,30,31,35). The number of nitrogens with one attached hydrogen (secondary N) is 1. The number of benzene rings is 2. The van der Waals surface area contributed by atoms with Gasteiger partial charge in [0.2, 0.25) is 11.9 Å². The van der Waals surface area contributed by atoms with Crippen LogP contribution in [0.3, 0.4) is 0 Å². The molecule has 1 aromatic heterocycles. The van der Waals surface area contributed by atoms with Crippen molar-refractivity contribution in [3.63, 3.8) is 0 Å². The van der Waals surface area contributed by atoms with E-state index in [1.807, 2.05) is 0 Å². The summed E-state index contributed by atoms with van der Waals surface area (Å²) in [7, 11) is 1.16. The number of hydrogen-bond acceptors (Lipinski definition) is 6. The predicted molar refractivity (Wildman–Crippen MR) is 132 cm³/mol. The summed E-state index contributed by atoms with van der Waals surface area (Å²) in [5.41, 5.74) is -0.463. The van der Waals surface area contributed by atoms with Crippen molar-refractivity contribution in [3.05, 3.63) is 66.2 Å². The second-order valence-corrected chi connectivity index (χ2v) is 8.66. The van der Waals surface area contributed by atoms with E-state index in [4.69, 9.17) is 4.74 Å². The van der Waals surface area contributed by atoms with Crippen molar-refractivity contribution in [1.29, 1.82) is 0 Å². The van der Waals surface area contributed by atoms with Crippen LogP contribution in [0.5, 0.6) is 5.75 Å².